The summed E-state index contributed by atoms with van der Waals surface area (Å²) in [7, 11) is 1.64. The summed E-state index contributed by atoms with van der Waals surface area (Å²) in [6.07, 6.45) is 0. The van der Waals surface area contributed by atoms with Crippen LogP contribution in [0.15, 0.2) is 53.3 Å². The lowest BCUT2D eigenvalue weighted by molar-refractivity contribution is -0.141. The number of imidazole rings is 1. The predicted octanol–water partition coefficient (Wildman–Crippen LogP) is 1.81. The van der Waals surface area contributed by atoms with Gasteiger partial charge >= 0.3 is 11.7 Å². The zero-order valence-corrected chi connectivity index (χ0v) is 14.8. The Bertz CT molecular complexity index is 1080. The number of nitrogens with one attached hydrogen (secondary N) is 1. The van der Waals surface area contributed by atoms with Crippen LogP contribution in [0.1, 0.15) is 21.8 Å². The van der Waals surface area contributed by atoms with Crippen molar-refractivity contribution in [2.75, 3.05) is 13.1 Å². The highest BCUT2D eigenvalue weighted by atomic mass is 16.4. The number of carboxylic acid groups (broad SMARTS) is 1. The maximum Gasteiger partial charge on any atom is 0.326 e. The predicted molar refractivity (Wildman–Crippen MR) is 99.8 cm³/mol. The molecule has 0 bridgehead atoms. The van der Waals surface area contributed by atoms with E-state index in [1.165, 1.54) is 4.57 Å². The number of hydrogen-bond acceptors (Lipinski definition) is 3. The Labute approximate surface area is 154 Å². The van der Waals surface area contributed by atoms with E-state index in [0.29, 0.717) is 23.1 Å². The molecule has 1 saturated heterocycles. The van der Waals surface area contributed by atoms with Crippen LogP contribution in [0, 0.1) is 5.92 Å². The number of aliphatic carboxylic acids is 1. The van der Waals surface area contributed by atoms with Crippen molar-refractivity contribution in [3.63, 3.8) is 0 Å². The summed E-state index contributed by atoms with van der Waals surface area (Å²) < 4.78 is 1.45. The fraction of sp³-hybridized carbons (Fsp3) is 0.250. The Morgan fingerprint density at radius 2 is 1.85 bits per heavy atom. The smallest absolute Gasteiger partial charge is 0.326 e. The normalized spacial score (nSPS) is 19.5. The number of H-pyrrole nitrogens is 1. The molecule has 7 nitrogen and oxygen atoms in total. The molecule has 0 saturated carbocycles. The number of aromatic nitrogens is 2. The van der Waals surface area contributed by atoms with E-state index in [2.05, 4.69) is 4.98 Å². The van der Waals surface area contributed by atoms with Gasteiger partial charge in [0.05, 0.1) is 17.0 Å². The molecule has 1 aliphatic heterocycles. The summed E-state index contributed by atoms with van der Waals surface area (Å²) in [6.45, 7) is 0.516. The number of carboxylic acids is 1. The van der Waals surface area contributed by atoms with Gasteiger partial charge in [-0.2, -0.15) is 0 Å². The first-order valence-corrected chi connectivity index (χ1v) is 8.71. The Morgan fingerprint density at radius 1 is 1.11 bits per heavy atom. The maximum atomic E-state index is 13.0. The van der Waals surface area contributed by atoms with Gasteiger partial charge in [-0.25, -0.2) is 4.79 Å². The Balaban J connectivity index is 1.65. The fourth-order valence-electron chi connectivity index (χ4n) is 3.80. The number of aryl methyl sites for hydroxylation is 1. The van der Waals surface area contributed by atoms with Crippen LogP contribution in [-0.2, 0) is 11.8 Å². The second-order valence-electron chi connectivity index (χ2n) is 6.89. The van der Waals surface area contributed by atoms with E-state index in [1.54, 1.807) is 30.1 Å². The molecule has 1 aliphatic rings. The summed E-state index contributed by atoms with van der Waals surface area (Å²) in [4.78, 5) is 40.8. The number of nitrogens with zero attached hydrogens (tertiary/aromatic N) is 2. The SMILES string of the molecule is Cn1c(=O)[nH]c2ccc(C(=O)N3C[C@H](C(=O)O)[C@H](c4ccccc4)C3)cc21. The van der Waals surface area contributed by atoms with Crippen LogP contribution < -0.4 is 5.69 Å². The van der Waals surface area contributed by atoms with Gasteiger partial charge in [0.15, 0.2) is 0 Å². The molecule has 2 N–H and O–H groups in total. The third-order valence-corrected chi connectivity index (χ3v) is 5.30. The van der Waals surface area contributed by atoms with Gasteiger partial charge in [0.1, 0.15) is 0 Å². The summed E-state index contributed by atoms with van der Waals surface area (Å²) in [5, 5.41) is 9.62. The minimum absolute atomic E-state index is 0.165. The molecule has 2 aromatic carbocycles. The molecule has 0 radical (unpaired) electrons. The molecule has 3 aromatic rings. The Morgan fingerprint density at radius 3 is 2.56 bits per heavy atom. The summed E-state index contributed by atoms with van der Waals surface area (Å²) >= 11 is 0. The number of carbonyl (C=O) groups is 2. The van der Waals surface area contributed by atoms with Crippen LogP contribution in [0.4, 0.5) is 0 Å². The van der Waals surface area contributed by atoms with E-state index >= 15 is 0 Å². The van der Waals surface area contributed by atoms with Crippen LogP contribution in [0.3, 0.4) is 0 Å². The number of rotatable bonds is 3. The van der Waals surface area contributed by atoms with E-state index < -0.39 is 11.9 Å². The third kappa shape index (κ3) is 2.91. The molecular formula is C20H19N3O4. The number of benzene rings is 2. The second kappa shape index (κ2) is 6.42. The van der Waals surface area contributed by atoms with Crippen molar-refractivity contribution in [1.29, 1.82) is 0 Å². The molecule has 0 unspecified atom stereocenters. The summed E-state index contributed by atoms with van der Waals surface area (Å²) in [5.41, 5.74) is 2.41. The molecule has 2 heterocycles. The van der Waals surface area contributed by atoms with Crippen molar-refractivity contribution in [1.82, 2.24) is 14.5 Å². The zero-order valence-electron chi connectivity index (χ0n) is 14.8. The van der Waals surface area contributed by atoms with Crippen molar-refractivity contribution in [2.24, 2.45) is 13.0 Å². The molecule has 1 fully saturated rings. The second-order valence-corrected chi connectivity index (χ2v) is 6.89. The third-order valence-electron chi connectivity index (χ3n) is 5.30. The molecule has 1 aromatic heterocycles. The number of aromatic amines is 1. The molecule has 2 atom stereocenters. The lowest BCUT2D eigenvalue weighted by Gasteiger charge is -2.17. The molecule has 1 amide bonds. The van der Waals surface area contributed by atoms with Crippen LogP contribution >= 0.6 is 0 Å². The van der Waals surface area contributed by atoms with Crippen LogP contribution in [0.2, 0.25) is 0 Å². The van der Waals surface area contributed by atoms with E-state index in [9.17, 15) is 19.5 Å². The monoisotopic (exact) mass is 365 g/mol. The van der Waals surface area contributed by atoms with Crippen LogP contribution in [-0.4, -0.2) is 44.5 Å². The average Bonchev–Trinajstić information content (AvgIpc) is 3.24. The van der Waals surface area contributed by atoms with Gasteiger partial charge in [0.25, 0.3) is 5.91 Å². The fourth-order valence-corrected chi connectivity index (χ4v) is 3.80. The maximum absolute atomic E-state index is 13.0. The van der Waals surface area contributed by atoms with Crippen molar-refractivity contribution in [3.05, 3.63) is 70.1 Å². The number of hydrogen-bond donors (Lipinski definition) is 2. The quantitative estimate of drug-likeness (QED) is 0.740. The minimum Gasteiger partial charge on any atom is -0.481 e. The van der Waals surface area contributed by atoms with Gasteiger partial charge in [-0.3, -0.25) is 14.2 Å². The molecular weight excluding hydrogens is 346 g/mol. The molecule has 0 aliphatic carbocycles. The van der Waals surface area contributed by atoms with Crippen molar-refractivity contribution in [2.45, 2.75) is 5.92 Å². The van der Waals surface area contributed by atoms with Crippen LogP contribution in [0.5, 0.6) is 0 Å². The van der Waals surface area contributed by atoms with Crippen molar-refractivity contribution < 1.29 is 14.7 Å². The number of likely N-dealkylation sites (tertiary alicyclic amines) is 1. The van der Waals surface area contributed by atoms with Gasteiger partial charge in [-0.05, 0) is 23.8 Å². The van der Waals surface area contributed by atoms with Gasteiger partial charge < -0.3 is 15.0 Å². The van der Waals surface area contributed by atoms with Crippen molar-refractivity contribution in [3.8, 4) is 0 Å². The Hall–Kier alpha value is -3.35. The number of carbonyl (C=O) groups excluding carboxylic acids is 1. The van der Waals surface area contributed by atoms with E-state index in [0.717, 1.165) is 5.56 Å². The lowest BCUT2D eigenvalue weighted by Crippen LogP contribution is -2.29. The molecule has 4 rings (SSSR count). The van der Waals surface area contributed by atoms with E-state index in [-0.39, 0.29) is 24.1 Å². The largest absolute Gasteiger partial charge is 0.481 e. The molecule has 7 heteroatoms. The highest BCUT2D eigenvalue weighted by molar-refractivity contribution is 5.98. The van der Waals surface area contributed by atoms with E-state index in [4.69, 9.17) is 0 Å². The van der Waals surface area contributed by atoms with E-state index in [1.807, 2.05) is 30.3 Å². The topological polar surface area (TPSA) is 95.4 Å². The van der Waals surface area contributed by atoms with Crippen molar-refractivity contribution >= 4 is 22.9 Å². The number of fused-ring (bicyclic) bond motifs is 1. The summed E-state index contributed by atoms with van der Waals surface area (Å²) in [6, 6.07) is 14.5. The first-order chi connectivity index (χ1) is 13.0. The van der Waals surface area contributed by atoms with Crippen LogP contribution in [0.25, 0.3) is 11.0 Å². The van der Waals surface area contributed by atoms with Gasteiger partial charge in [0, 0.05) is 31.6 Å². The summed E-state index contributed by atoms with van der Waals surface area (Å²) in [5.74, 6) is -2.01. The first kappa shape index (κ1) is 17.1. The molecule has 27 heavy (non-hydrogen) atoms. The van der Waals surface area contributed by atoms with Gasteiger partial charge in [0.2, 0.25) is 0 Å². The molecule has 138 valence electrons. The van der Waals surface area contributed by atoms with Gasteiger partial charge in [-0.15, -0.1) is 0 Å². The molecule has 0 spiro atoms. The Kier molecular flexibility index (Phi) is 4.07. The standard InChI is InChI=1S/C20H19N3O4/c1-22-17-9-13(7-8-16(17)21-20(22)27)18(24)23-10-14(15(11-23)19(25)26)12-5-3-2-4-6-12/h2-9,14-15H,10-11H2,1H3,(H,21,27)(H,25,26)/t14-,15-/m0/s1. The van der Waals surface area contributed by atoms with Gasteiger partial charge in [-0.1, -0.05) is 30.3 Å². The number of amides is 1. The highest BCUT2D eigenvalue weighted by Gasteiger charge is 2.40. The first-order valence-electron chi connectivity index (χ1n) is 8.71. The average molecular weight is 365 g/mol. The minimum atomic E-state index is -0.900. The zero-order chi connectivity index (χ0) is 19.1. The highest BCUT2D eigenvalue weighted by Crippen LogP contribution is 2.33. The lowest BCUT2D eigenvalue weighted by atomic mass is 9.89.